The van der Waals surface area contributed by atoms with Gasteiger partial charge in [-0.15, -0.1) is 0 Å². The normalized spacial score (nSPS) is 13.9. The Labute approximate surface area is 129 Å². The van der Waals surface area contributed by atoms with Gasteiger partial charge in [-0.25, -0.2) is 0 Å². The first-order valence-corrected chi connectivity index (χ1v) is 7.26. The minimum atomic E-state index is -0.575. The maximum absolute atomic E-state index is 9.94. The molecule has 0 saturated heterocycles. The van der Waals surface area contributed by atoms with Crippen molar-refractivity contribution in [3.8, 4) is 17.2 Å². The molecule has 2 N–H and O–H groups in total. The highest BCUT2D eigenvalue weighted by Gasteiger charge is 2.14. The van der Waals surface area contributed by atoms with E-state index in [2.05, 4.69) is 5.32 Å². The first kappa shape index (κ1) is 14.7. The molecule has 1 atom stereocenters. The molecular formula is C17H19NO4. The topological polar surface area (TPSA) is 60.0 Å². The van der Waals surface area contributed by atoms with Gasteiger partial charge in [0.2, 0.25) is 6.79 Å². The van der Waals surface area contributed by atoms with Crippen LogP contribution in [0.5, 0.6) is 17.2 Å². The van der Waals surface area contributed by atoms with Crippen LogP contribution in [0.15, 0.2) is 48.5 Å². The molecule has 2 aromatic rings. The molecule has 5 nitrogen and oxygen atoms in total. The zero-order valence-electron chi connectivity index (χ0n) is 12.2. The standard InChI is InChI=1S/C17H19NO4/c19-14(10-18-9-13-4-2-1-3-5-13)11-20-15-6-7-16-17(8-15)22-12-21-16/h1-8,14,18-19H,9-12H2. The summed E-state index contributed by atoms with van der Waals surface area (Å²) in [6.07, 6.45) is -0.575. The Morgan fingerprint density at radius 2 is 1.91 bits per heavy atom. The van der Waals surface area contributed by atoms with Gasteiger partial charge >= 0.3 is 0 Å². The minimum Gasteiger partial charge on any atom is -0.491 e. The minimum absolute atomic E-state index is 0.224. The van der Waals surface area contributed by atoms with E-state index < -0.39 is 6.10 Å². The molecule has 1 aliphatic heterocycles. The summed E-state index contributed by atoms with van der Waals surface area (Å²) in [6.45, 7) is 1.66. The van der Waals surface area contributed by atoms with Crippen LogP contribution < -0.4 is 19.5 Å². The van der Waals surface area contributed by atoms with Crippen LogP contribution in [0.3, 0.4) is 0 Å². The van der Waals surface area contributed by atoms with Crippen molar-refractivity contribution >= 4 is 0 Å². The quantitative estimate of drug-likeness (QED) is 0.818. The van der Waals surface area contributed by atoms with Crippen molar-refractivity contribution in [2.24, 2.45) is 0 Å². The molecule has 0 aliphatic carbocycles. The van der Waals surface area contributed by atoms with Gasteiger partial charge in [0.25, 0.3) is 0 Å². The number of benzene rings is 2. The van der Waals surface area contributed by atoms with Gasteiger partial charge in [0, 0.05) is 19.2 Å². The SMILES string of the molecule is OC(CNCc1ccccc1)COc1ccc2c(c1)OCO2. The summed E-state index contributed by atoms with van der Waals surface area (Å²) >= 11 is 0. The summed E-state index contributed by atoms with van der Waals surface area (Å²) < 4.78 is 16.1. The van der Waals surface area contributed by atoms with E-state index in [-0.39, 0.29) is 13.4 Å². The molecule has 1 heterocycles. The molecule has 2 aromatic carbocycles. The predicted molar refractivity (Wildman–Crippen MR) is 82.2 cm³/mol. The molecule has 0 radical (unpaired) electrons. The molecule has 0 fully saturated rings. The molecule has 0 saturated carbocycles. The number of nitrogens with one attached hydrogen (secondary N) is 1. The van der Waals surface area contributed by atoms with E-state index in [0.29, 0.717) is 18.0 Å². The van der Waals surface area contributed by atoms with Gasteiger partial charge in [0.1, 0.15) is 18.5 Å². The Morgan fingerprint density at radius 3 is 2.77 bits per heavy atom. The van der Waals surface area contributed by atoms with E-state index in [1.165, 1.54) is 5.56 Å². The van der Waals surface area contributed by atoms with Gasteiger partial charge < -0.3 is 24.6 Å². The Balaban J connectivity index is 1.40. The highest BCUT2D eigenvalue weighted by atomic mass is 16.7. The van der Waals surface area contributed by atoms with Crippen LogP contribution in [0.1, 0.15) is 5.56 Å². The van der Waals surface area contributed by atoms with Crippen molar-refractivity contribution in [3.63, 3.8) is 0 Å². The lowest BCUT2D eigenvalue weighted by molar-refractivity contribution is 0.106. The molecule has 0 spiro atoms. The van der Waals surface area contributed by atoms with Crippen molar-refractivity contribution in [3.05, 3.63) is 54.1 Å². The fraction of sp³-hybridized carbons (Fsp3) is 0.294. The molecule has 22 heavy (non-hydrogen) atoms. The lowest BCUT2D eigenvalue weighted by atomic mass is 10.2. The predicted octanol–water partition coefficient (Wildman–Crippen LogP) is 1.94. The van der Waals surface area contributed by atoms with E-state index in [9.17, 15) is 5.11 Å². The summed E-state index contributed by atoms with van der Waals surface area (Å²) in [6, 6.07) is 15.4. The highest BCUT2D eigenvalue weighted by Crippen LogP contribution is 2.35. The van der Waals surface area contributed by atoms with Crippen molar-refractivity contribution in [2.45, 2.75) is 12.6 Å². The Hall–Kier alpha value is -2.24. The average Bonchev–Trinajstić information content (AvgIpc) is 3.01. The number of hydrogen-bond acceptors (Lipinski definition) is 5. The smallest absolute Gasteiger partial charge is 0.231 e. The zero-order valence-corrected chi connectivity index (χ0v) is 12.2. The second-order valence-corrected chi connectivity index (χ2v) is 5.10. The van der Waals surface area contributed by atoms with Gasteiger partial charge in [-0.1, -0.05) is 30.3 Å². The van der Waals surface area contributed by atoms with Crippen molar-refractivity contribution in [2.75, 3.05) is 19.9 Å². The molecule has 5 heteroatoms. The van der Waals surface area contributed by atoms with Gasteiger partial charge in [0.15, 0.2) is 11.5 Å². The third kappa shape index (κ3) is 3.90. The van der Waals surface area contributed by atoms with E-state index in [1.54, 1.807) is 18.2 Å². The fourth-order valence-electron chi connectivity index (χ4n) is 2.20. The van der Waals surface area contributed by atoms with Crippen molar-refractivity contribution in [1.82, 2.24) is 5.32 Å². The second kappa shape index (κ2) is 7.15. The van der Waals surface area contributed by atoms with Crippen LogP contribution in [0.2, 0.25) is 0 Å². The van der Waals surface area contributed by atoms with Gasteiger partial charge in [-0.2, -0.15) is 0 Å². The number of hydrogen-bond donors (Lipinski definition) is 2. The molecule has 116 valence electrons. The van der Waals surface area contributed by atoms with Gasteiger partial charge in [-0.05, 0) is 17.7 Å². The van der Waals surface area contributed by atoms with E-state index in [1.807, 2.05) is 30.3 Å². The highest BCUT2D eigenvalue weighted by molar-refractivity contribution is 5.46. The lowest BCUT2D eigenvalue weighted by Crippen LogP contribution is -2.31. The maximum atomic E-state index is 9.94. The van der Waals surface area contributed by atoms with Crippen molar-refractivity contribution in [1.29, 1.82) is 0 Å². The van der Waals surface area contributed by atoms with E-state index >= 15 is 0 Å². The first-order valence-electron chi connectivity index (χ1n) is 7.26. The number of aliphatic hydroxyl groups excluding tert-OH is 1. The molecular weight excluding hydrogens is 282 g/mol. The van der Waals surface area contributed by atoms with Crippen molar-refractivity contribution < 1.29 is 19.3 Å². The number of rotatable bonds is 7. The van der Waals surface area contributed by atoms with Crippen LogP contribution in [0, 0.1) is 0 Å². The summed E-state index contributed by atoms with van der Waals surface area (Å²) in [5.74, 6) is 2.05. The summed E-state index contributed by atoms with van der Waals surface area (Å²) in [4.78, 5) is 0. The summed E-state index contributed by atoms with van der Waals surface area (Å²) in [7, 11) is 0. The summed E-state index contributed by atoms with van der Waals surface area (Å²) in [5, 5.41) is 13.1. The first-order chi connectivity index (χ1) is 10.8. The monoisotopic (exact) mass is 301 g/mol. The van der Waals surface area contributed by atoms with Crippen LogP contribution in [0.25, 0.3) is 0 Å². The van der Waals surface area contributed by atoms with Gasteiger partial charge in [-0.3, -0.25) is 0 Å². The molecule has 0 aromatic heterocycles. The van der Waals surface area contributed by atoms with E-state index in [4.69, 9.17) is 14.2 Å². The van der Waals surface area contributed by atoms with Crippen LogP contribution in [-0.4, -0.2) is 31.2 Å². The Kier molecular flexibility index (Phi) is 4.78. The fourth-order valence-corrected chi connectivity index (χ4v) is 2.20. The van der Waals surface area contributed by atoms with Crippen LogP contribution in [-0.2, 0) is 6.54 Å². The van der Waals surface area contributed by atoms with Gasteiger partial charge in [0.05, 0.1) is 0 Å². The zero-order chi connectivity index (χ0) is 15.2. The van der Waals surface area contributed by atoms with Crippen LogP contribution >= 0.6 is 0 Å². The number of ether oxygens (including phenoxy) is 3. The molecule has 0 amide bonds. The second-order valence-electron chi connectivity index (χ2n) is 5.10. The van der Waals surface area contributed by atoms with Crippen LogP contribution in [0.4, 0.5) is 0 Å². The molecule has 3 rings (SSSR count). The summed E-state index contributed by atoms with van der Waals surface area (Å²) in [5.41, 5.74) is 1.19. The average molecular weight is 301 g/mol. The molecule has 1 unspecified atom stereocenters. The largest absolute Gasteiger partial charge is 0.491 e. The molecule has 0 bridgehead atoms. The Morgan fingerprint density at radius 1 is 1.09 bits per heavy atom. The maximum Gasteiger partial charge on any atom is 0.231 e. The number of fused-ring (bicyclic) bond motifs is 1. The van der Waals surface area contributed by atoms with E-state index in [0.717, 1.165) is 12.3 Å². The molecule has 1 aliphatic rings. The third-order valence-electron chi connectivity index (χ3n) is 3.34. The lowest BCUT2D eigenvalue weighted by Gasteiger charge is -2.13. The number of aliphatic hydroxyl groups is 1. The Bertz CT molecular complexity index is 603. The third-order valence-corrected chi connectivity index (χ3v) is 3.34.